The van der Waals surface area contributed by atoms with E-state index in [2.05, 4.69) is 67.4 Å². The monoisotopic (exact) mass is 351 g/mol. The Kier molecular flexibility index (Phi) is 5.82. The number of rotatable bonds is 4. The van der Waals surface area contributed by atoms with Gasteiger partial charge in [0.05, 0.1) is 0 Å². The average Bonchev–Trinajstić information content (AvgIpc) is 2.66. The summed E-state index contributed by atoms with van der Waals surface area (Å²) < 4.78 is 0. The maximum Gasteiger partial charge on any atom is 0.317 e. The van der Waals surface area contributed by atoms with Crippen molar-refractivity contribution in [3.05, 3.63) is 64.7 Å². The van der Waals surface area contributed by atoms with Gasteiger partial charge in [-0.2, -0.15) is 0 Å². The van der Waals surface area contributed by atoms with Crippen molar-refractivity contribution >= 4 is 11.7 Å². The number of piperazine rings is 1. The van der Waals surface area contributed by atoms with Crippen LogP contribution in [0.4, 0.5) is 10.5 Å². The first-order valence-electron chi connectivity index (χ1n) is 9.50. The smallest absolute Gasteiger partial charge is 0.317 e. The molecule has 0 radical (unpaired) electrons. The normalized spacial score (nSPS) is 14.4. The minimum atomic E-state index is 0.0339. The molecule has 3 rings (SSSR count). The lowest BCUT2D eigenvalue weighted by Gasteiger charge is -2.37. The first-order chi connectivity index (χ1) is 12.6. The molecule has 0 aliphatic carbocycles. The van der Waals surface area contributed by atoms with Crippen molar-refractivity contribution in [1.29, 1.82) is 0 Å². The van der Waals surface area contributed by atoms with Crippen LogP contribution < -0.4 is 10.2 Å². The second-order valence-electron chi connectivity index (χ2n) is 7.06. The Bertz CT molecular complexity index is 764. The third-order valence-corrected chi connectivity index (χ3v) is 5.11. The summed E-state index contributed by atoms with van der Waals surface area (Å²) in [6.45, 7) is 10.3. The predicted molar refractivity (Wildman–Crippen MR) is 108 cm³/mol. The average molecular weight is 351 g/mol. The zero-order chi connectivity index (χ0) is 18.5. The number of carbonyl (C=O) groups is 1. The minimum absolute atomic E-state index is 0.0339. The molecule has 2 aromatic carbocycles. The molecule has 1 saturated heterocycles. The van der Waals surface area contributed by atoms with Gasteiger partial charge in [0.1, 0.15) is 0 Å². The van der Waals surface area contributed by atoms with Crippen LogP contribution in [0.2, 0.25) is 0 Å². The van der Waals surface area contributed by atoms with Crippen molar-refractivity contribution in [2.45, 2.75) is 33.7 Å². The van der Waals surface area contributed by atoms with Crippen LogP contribution >= 0.6 is 0 Å². The fourth-order valence-corrected chi connectivity index (χ4v) is 3.70. The van der Waals surface area contributed by atoms with Crippen LogP contribution in [0.3, 0.4) is 0 Å². The molecule has 0 saturated carbocycles. The number of urea groups is 1. The molecule has 26 heavy (non-hydrogen) atoms. The Morgan fingerprint density at radius 2 is 1.77 bits per heavy atom. The molecule has 2 aromatic rings. The summed E-state index contributed by atoms with van der Waals surface area (Å²) in [4.78, 5) is 16.8. The van der Waals surface area contributed by atoms with Crippen molar-refractivity contribution in [3.8, 4) is 0 Å². The van der Waals surface area contributed by atoms with Crippen LogP contribution in [-0.2, 0) is 13.0 Å². The van der Waals surface area contributed by atoms with E-state index in [1.807, 2.05) is 11.0 Å². The molecule has 138 valence electrons. The van der Waals surface area contributed by atoms with Gasteiger partial charge in [-0.15, -0.1) is 0 Å². The zero-order valence-corrected chi connectivity index (χ0v) is 16.1. The Hall–Kier alpha value is -2.49. The van der Waals surface area contributed by atoms with Gasteiger partial charge in [0.15, 0.2) is 0 Å². The summed E-state index contributed by atoms with van der Waals surface area (Å²) in [7, 11) is 0. The Morgan fingerprint density at radius 1 is 1.04 bits per heavy atom. The van der Waals surface area contributed by atoms with Crippen LogP contribution in [0.15, 0.2) is 42.5 Å². The molecule has 0 spiro atoms. The number of hydrogen-bond donors (Lipinski definition) is 1. The molecule has 1 aliphatic rings. The Balaban J connectivity index is 1.56. The van der Waals surface area contributed by atoms with E-state index < -0.39 is 0 Å². The Morgan fingerprint density at radius 3 is 2.46 bits per heavy atom. The standard InChI is InChI=1S/C22H29N3O/c1-4-20-10-6-8-18(3)21(20)24-11-13-25(14-12-24)22(26)23-16-19-9-5-7-17(2)15-19/h5-10,15H,4,11-14,16H2,1-3H3,(H,23,26). The molecule has 0 aromatic heterocycles. The number of nitrogens with one attached hydrogen (secondary N) is 1. The topological polar surface area (TPSA) is 35.6 Å². The lowest BCUT2D eigenvalue weighted by atomic mass is 10.0. The van der Waals surface area contributed by atoms with Crippen LogP contribution in [0.1, 0.15) is 29.2 Å². The lowest BCUT2D eigenvalue weighted by molar-refractivity contribution is 0.194. The number of carbonyl (C=O) groups excluding carboxylic acids is 1. The SMILES string of the molecule is CCc1cccc(C)c1N1CCN(C(=O)NCc2cccc(C)c2)CC1. The highest BCUT2D eigenvalue weighted by Gasteiger charge is 2.23. The largest absolute Gasteiger partial charge is 0.368 e. The number of anilines is 1. The molecule has 0 bridgehead atoms. The number of nitrogens with zero attached hydrogens (tertiary/aromatic N) is 2. The molecule has 4 nitrogen and oxygen atoms in total. The molecule has 1 aliphatic heterocycles. The molecule has 1 fully saturated rings. The van der Waals surface area contributed by atoms with Crippen LogP contribution in [0, 0.1) is 13.8 Å². The highest BCUT2D eigenvalue weighted by atomic mass is 16.2. The molecule has 0 unspecified atom stereocenters. The van der Waals surface area contributed by atoms with E-state index in [9.17, 15) is 4.79 Å². The quantitative estimate of drug-likeness (QED) is 0.907. The molecular formula is C22H29N3O. The molecular weight excluding hydrogens is 322 g/mol. The molecule has 2 amide bonds. The summed E-state index contributed by atoms with van der Waals surface area (Å²) in [6.07, 6.45) is 1.04. The molecule has 0 atom stereocenters. The van der Waals surface area contributed by atoms with E-state index in [4.69, 9.17) is 0 Å². The van der Waals surface area contributed by atoms with Gasteiger partial charge in [0.2, 0.25) is 0 Å². The number of benzene rings is 2. The van der Waals surface area contributed by atoms with Gasteiger partial charge in [-0.3, -0.25) is 0 Å². The molecule has 4 heteroatoms. The van der Waals surface area contributed by atoms with E-state index >= 15 is 0 Å². The second kappa shape index (κ2) is 8.26. The highest BCUT2D eigenvalue weighted by molar-refractivity contribution is 5.74. The van der Waals surface area contributed by atoms with Gasteiger partial charge in [0.25, 0.3) is 0 Å². The highest BCUT2D eigenvalue weighted by Crippen LogP contribution is 2.26. The third-order valence-electron chi connectivity index (χ3n) is 5.11. The molecule has 1 N–H and O–H groups in total. The van der Waals surface area contributed by atoms with Crippen LogP contribution in [0.5, 0.6) is 0 Å². The van der Waals surface area contributed by atoms with E-state index in [1.54, 1.807) is 0 Å². The summed E-state index contributed by atoms with van der Waals surface area (Å²) in [5.74, 6) is 0. The minimum Gasteiger partial charge on any atom is -0.368 e. The number of amides is 2. The van der Waals surface area contributed by atoms with Crippen molar-refractivity contribution in [2.75, 3.05) is 31.1 Å². The zero-order valence-electron chi connectivity index (χ0n) is 16.1. The molecule has 1 heterocycles. The Labute approximate surface area is 156 Å². The number of para-hydroxylation sites is 1. The van der Waals surface area contributed by atoms with Crippen molar-refractivity contribution in [1.82, 2.24) is 10.2 Å². The van der Waals surface area contributed by atoms with Gasteiger partial charge >= 0.3 is 6.03 Å². The maximum absolute atomic E-state index is 12.5. The first kappa shape index (κ1) is 18.3. The van der Waals surface area contributed by atoms with Gasteiger partial charge in [-0.05, 0) is 37.0 Å². The van der Waals surface area contributed by atoms with Crippen molar-refractivity contribution in [3.63, 3.8) is 0 Å². The van der Waals surface area contributed by atoms with Crippen LogP contribution in [0.25, 0.3) is 0 Å². The summed E-state index contributed by atoms with van der Waals surface area (Å²) in [6, 6.07) is 14.8. The number of aryl methyl sites for hydroxylation is 3. The van der Waals surface area contributed by atoms with Gasteiger partial charge in [0, 0.05) is 38.4 Å². The first-order valence-corrected chi connectivity index (χ1v) is 9.50. The summed E-state index contributed by atoms with van der Waals surface area (Å²) >= 11 is 0. The lowest BCUT2D eigenvalue weighted by Crippen LogP contribution is -2.52. The van der Waals surface area contributed by atoms with Gasteiger partial charge in [-0.25, -0.2) is 4.79 Å². The second-order valence-corrected chi connectivity index (χ2v) is 7.06. The van der Waals surface area contributed by atoms with Gasteiger partial charge < -0.3 is 15.1 Å². The fraction of sp³-hybridized carbons (Fsp3) is 0.409. The summed E-state index contributed by atoms with van der Waals surface area (Å²) in [5, 5.41) is 3.05. The van der Waals surface area contributed by atoms with E-state index in [1.165, 1.54) is 22.4 Å². The fourth-order valence-electron chi connectivity index (χ4n) is 3.70. The van der Waals surface area contributed by atoms with Gasteiger partial charge in [-0.1, -0.05) is 55.0 Å². The van der Waals surface area contributed by atoms with Crippen molar-refractivity contribution in [2.24, 2.45) is 0 Å². The predicted octanol–water partition coefficient (Wildman–Crippen LogP) is 3.90. The third kappa shape index (κ3) is 4.18. The van der Waals surface area contributed by atoms with E-state index in [0.29, 0.717) is 6.54 Å². The number of hydrogen-bond acceptors (Lipinski definition) is 2. The maximum atomic E-state index is 12.5. The van der Waals surface area contributed by atoms with Crippen molar-refractivity contribution < 1.29 is 4.79 Å². The van der Waals surface area contributed by atoms with Crippen LogP contribution in [-0.4, -0.2) is 37.1 Å². The van der Waals surface area contributed by atoms with E-state index in [0.717, 1.165) is 38.2 Å². The summed E-state index contributed by atoms with van der Waals surface area (Å²) in [5.41, 5.74) is 6.43. The van der Waals surface area contributed by atoms with E-state index in [-0.39, 0.29) is 6.03 Å².